The lowest BCUT2D eigenvalue weighted by atomic mass is 10.0. The van der Waals surface area contributed by atoms with Gasteiger partial charge in [0.2, 0.25) is 0 Å². The highest BCUT2D eigenvalue weighted by Crippen LogP contribution is 2.16. The zero-order chi connectivity index (χ0) is 55.0. The van der Waals surface area contributed by atoms with Crippen molar-refractivity contribution in [3.8, 4) is 0 Å². The second-order valence-electron chi connectivity index (χ2n) is 21.3. The van der Waals surface area contributed by atoms with Crippen molar-refractivity contribution >= 4 is 17.9 Å². The average molecular weight is 1060 g/mol. The number of ether oxygens (including phenoxy) is 3. The Morgan fingerprint density at radius 2 is 0.513 bits per heavy atom. The second-order valence-corrected chi connectivity index (χ2v) is 21.3. The molecule has 0 spiro atoms. The van der Waals surface area contributed by atoms with Crippen molar-refractivity contribution in [2.75, 3.05) is 13.2 Å². The van der Waals surface area contributed by atoms with Crippen LogP contribution in [0.15, 0.2) is 97.2 Å². The number of carbonyl (C=O) groups is 3. The Kier molecular flexibility index (Phi) is 60.8. The molecule has 0 aliphatic rings. The summed E-state index contributed by atoms with van der Waals surface area (Å²) >= 11 is 0. The number of unbranched alkanes of at least 4 members (excludes halogenated alkanes) is 31. The van der Waals surface area contributed by atoms with Gasteiger partial charge in [-0.2, -0.15) is 0 Å². The number of carbonyl (C=O) groups excluding carboxylic acids is 3. The van der Waals surface area contributed by atoms with E-state index in [2.05, 4.69) is 118 Å². The van der Waals surface area contributed by atoms with E-state index >= 15 is 0 Å². The molecule has 6 heteroatoms. The normalized spacial score (nSPS) is 12.7. The van der Waals surface area contributed by atoms with Crippen molar-refractivity contribution in [3.63, 3.8) is 0 Å². The van der Waals surface area contributed by atoms with Gasteiger partial charge >= 0.3 is 17.9 Å². The van der Waals surface area contributed by atoms with E-state index in [1.165, 1.54) is 154 Å². The minimum absolute atomic E-state index is 0.0807. The Balaban J connectivity index is 4.21. The van der Waals surface area contributed by atoms with Crippen molar-refractivity contribution in [1.82, 2.24) is 0 Å². The summed E-state index contributed by atoms with van der Waals surface area (Å²) in [4.78, 5) is 38.2. The quantitative estimate of drug-likeness (QED) is 0.0261. The SMILES string of the molecule is CC/C=C\C/C=C\C/C=C\C/C=C\C/C=C\C/C=C\CCCCCCCCC(=O)OCC(COC(=O)CCCCCCCCCC)OC(=O)CCCCCCCCCCCCCCC/C=C\C/C=C\CCCCCCC. The predicted octanol–water partition coefficient (Wildman–Crippen LogP) is 22.0. The highest BCUT2D eigenvalue weighted by Gasteiger charge is 2.19. The zero-order valence-electron chi connectivity index (χ0n) is 50.0. The highest BCUT2D eigenvalue weighted by molar-refractivity contribution is 5.71. The van der Waals surface area contributed by atoms with Gasteiger partial charge in [0.1, 0.15) is 13.2 Å². The van der Waals surface area contributed by atoms with Crippen LogP contribution < -0.4 is 0 Å². The first-order chi connectivity index (χ1) is 37.5. The Morgan fingerprint density at radius 3 is 0.803 bits per heavy atom. The van der Waals surface area contributed by atoms with Crippen LogP contribution in [-0.4, -0.2) is 37.2 Å². The molecule has 0 rings (SSSR count). The smallest absolute Gasteiger partial charge is 0.306 e. The first-order valence-corrected chi connectivity index (χ1v) is 32.2. The monoisotopic (exact) mass is 1060 g/mol. The molecular weight excluding hydrogens is 937 g/mol. The largest absolute Gasteiger partial charge is 0.462 e. The van der Waals surface area contributed by atoms with E-state index in [-0.39, 0.29) is 31.1 Å². The predicted molar refractivity (Wildman–Crippen MR) is 330 cm³/mol. The van der Waals surface area contributed by atoms with Crippen molar-refractivity contribution in [2.24, 2.45) is 0 Å². The molecule has 76 heavy (non-hydrogen) atoms. The third kappa shape index (κ3) is 61.2. The van der Waals surface area contributed by atoms with Crippen molar-refractivity contribution in [1.29, 1.82) is 0 Å². The minimum atomic E-state index is -0.783. The van der Waals surface area contributed by atoms with Crippen LogP contribution in [0, 0.1) is 0 Å². The lowest BCUT2D eigenvalue weighted by Crippen LogP contribution is -2.30. The van der Waals surface area contributed by atoms with Crippen LogP contribution in [-0.2, 0) is 28.6 Å². The molecule has 0 saturated carbocycles. The molecule has 0 saturated heterocycles. The van der Waals surface area contributed by atoms with E-state index in [4.69, 9.17) is 14.2 Å². The summed E-state index contributed by atoms with van der Waals surface area (Å²) in [5.41, 5.74) is 0. The first kappa shape index (κ1) is 72.3. The Labute approximate surface area is 470 Å². The summed E-state index contributed by atoms with van der Waals surface area (Å²) in [5, 5.41) is 0. The second kappa shape index (κ2) is 63.9. The molecule has 0 fully saturated rings. The van der Waals surface area contributed by atoms with Gasteiger partial charge in [-0.3, -0.25) is 14.4 Å². The van der Waals surface area contributed by atoms with Gasteiger partial charge in [0.25, 0.3) is 0 Å². The van der Waals surface area contributed by atoms with Gasteiger partial charge in [0.05, 0.1) is 0 Å². The Morgan fingerprint density at radius 1 is 0.276 bits per heavy atom. The minimum Gasteiger partial charge on any atom is -0.462 e. The summed E-state index contributed by atoms with van der Waals surface area (Å²) in [7, 11) is 0. The van der Waals surface area contributed by atoms with E-state index in [1.807, 2.05) is 0 Å². The molecule has 436 valence electrons. The molecule has 6 nitrogen and oxygen atoms in total. The third-order valence-electron chi connectivity index (χ3n) is 13.8. The van der Waals surface area contributed by atoms with Crippen molar-refractivity contribution in [3.05, 3.63) is 97.2 Å². The van der Waals surface area contributed by atoms with Crippen LogP contribution in [0.2, 0.25) is 0 Å². The average Bonchev–Trinajstić information content (AvgIpc) is 3.42. The number of rotatable bonds is 58. The van der Waals surface area contributed by atoms with Gasteiger partial charge in [-0.25, -0.2) is 0 Å². The number of allylic oxidation sites excluding steroid dienone is 16. The zero-order valence-corrected chi connectivity index (χ0v) is 50.0. The van der Waals surface area contributed by atoms with Gasteiger partial charge in [0.15, 0.2) is 6.10 Å². The fourth-order valence-electron chi connectivity index (χ4n) is 9.01. The Bertz CT molecular complexity index is 1490. The van der Waals surface area contributed by atoms with Gasteiger partial charge in [0, 0.05) is 19.3 Å². The van der Waals surface area contributed by atoms with Crippen LogP contribution in [0.25, 0.3) is 0 Å². The topological polar surface area (TPSA) is 78.9 Å². The summed E-state index contributed by atoms with van der Waals surface area (Å²) < 4.78 is 16.9. The van der Waals surface area contributed by atoms with Crippen molar-refractivity contribution < 1.29 is 28.6 Å². The van der Waals surface area contributed by atoms with E-state index < -0.39 is 6.10 Å². The summed E-state index contributed by atoms with van der Waals surface area (Å²) in [6.07, 6.45) is 85.7. The van der Waals surface area contributed by atoms with Crippen LogP contribution in [0.5, 0.6) is 0 Å². The first-order valence-electron chi connectivity index (χ1n) is 32.2. The van der Waals surface area contributed by atoms with E-state index in [1.54, 1.807) is 0 Å². The fraction of sp³-hybridized carbons (Fsp3) is 0.729. The van der Waals surface area contributed by atoms with Gasteiger partial charge in [-0.15, -0.1) is 0 Å². The molecule has 0 aromatic carbocycles. The highest BCUT2D eigenvalue weighted by atomic mass is 16.6. The van der Waals surface area contributed by atoms with E-state index in [0.717, 1.165) is 116 Å². The molecule has 0 N–H and O–H groups in total. The maximum absolute atomic E-state index is 12.9. The number of hydrogen-bond acceptors (Lipinski definition) is 6. The third-order valence-corrected chi connectivity index (χ3v) is 13.8. The van der Waals surface area contributed by atoms with Crippen molar-refractivity contribution in [2.45, 2.75) is 316 Å². The van der Waals surface area contributed by atoms with Crippen LogP contribution in [0.3, 0.4) is 0 Å². The molecule has 0 aromatic heterocycles. The van der Waals surface area contributed by atoms with Gasteiger partial charge in [-0.1, -0.05) is 285 Å². The number of esters is 3. The van der Waals surface area contributed by atoms with Crippen LogP contribution >= 0.6 is 0 Å². The van der Waals surface area contributed by atoms with Gasteiger partial charge in [-0.05, 0) is 103 Å². The molecule has 0 aliphatic heterocycles. The van der Waals surface area contributed by atoms with E-state index in [9.17, 15) is 14.4 Å². The summed E-state index contributed by atoms with van der Waals surface area (Å²) in [6, 6.07) is 0. The van der Waals surface area contributed by atoms with Crippen LogP contribution in [0.1, 0.15) is 310 Å². The van der Waals surface area contributed by atoms with E-state index in [0.29, 0.717) is 19.3 Å². The molecule has 0 bridgehead atoms. The molecule has 1 atom stereocenters. The molecule has 0 aromatic rings. The molecule has 1 unspecified atom stereocenters. The Hall–Kier alpha value is -3.67. The van der Waals surface area contributed by atoms with Crippen LogP contribution in [0.4, 0.5) is 0 Å². The maximum Gasteiger partial charge on any atom is 0.306 e. The molecule has 0 amide bonds. The molecule has 0 heterocycles. The lowest BCUT2D eigenvalue weighted by Gasteiger charge is -2.18. The summed E-state index contributed by atoms with van der Waals surface area (Å²) in [5.74, 6) is -0.892. The number of hydrogen-bond donors (Lipinski definition) is 0. The molecular formula is C70H120O6. The maximum atomic E-state index is 12.9. The summed E-state index contributed by atoms with van der Waals surface area (Å²) in [6.45, 7) is 6.50. The fourth-order valence-corrected chi connectivity index (χ4v) is 9.01. The molecule has 0 radical (unpaired) electrons. The van der Waals surface area contributed by atoms with Gasteiger partial charge < -0.3 is 14.2 Å². The lowest BCUT2D eigenvalue weighted by molar-refractivity contribution is -0.167. The standard InChI is InChI=1S/C70H120O6/c1-4-7-10-13-16-19-21-23-25-27-29-31-33-35-37-39-41-43-45-47-49-51-54-57-60-63-69(72)75-66-67(65-74-68(71)62-59-56-53-18-15-12-9-6-3)76-70(73)64-61-58-55-52-50-48-46-44-42-40-38-36-34-32-30-28-26-24-22-20-17-14-11-8-5-2/h7,10,16,19,22-25,28-31,35,37,41,43,67H,4-6,8-9,11-15,17-18,20-21,26-27,32-34,36,38-40,42,44-66H2,1-3H3/b10-7-,19-16-,24-22-,25-23-,30-28-,31-29-,37-35-,43-41-. The molecule has 0 aliphatic carbocycles.